The minimum Gasteiger partial charge on any atom is -0.478 e. The van der Waals surface area contributed by atoms with Crippen molar-refractivity contribution < 1.29 is 15.0 Å². The second-order valence-corrected chi connectivity index (χ2v) is 5.61. The number of aliphatic hydroxyl groups is 1. The van der Waals surface area contributed by atoms with Gasteiger partial charge in [-0.25, -0.2) is 9.78 Å². The highest BCUT2D eigenvalue weighted by Gasteiger charge is 2.19. The van der Waals surface area contributed by atoms with Crippen molar-refractivity contribution in [1.29, 1.82) is 0 Å². The minimum atomic E-state index is -0.965. The first-order chi connectivity index (χ1) is 8.75. The number of aliphatic hydroxyl groups excluding tert-OH is 1. The summed E-state index contributed by atoms with van der Waals surface area (Å²) < 4.78 is 0. The summed E-state index contributed by atoms with van der Waals surface area (Å²) in [5.41, 5.74) is 0.621. The number of nitrogens with zero attached hydrogens (tertiary/aromatic N) is 1. The van der Waals surface area contributed by atoms with Crippen LogP contribution in [0.1, 0.15) is 56.1 Å². The van der Waals surface area contributed by atoms with Crippen LogP contribution >= 0.6 is 0 Å². The maximum atomic E-state index is 11.1. The number of aromatic carboxylic acids is 1. The van der Waals surface area contributed by atoms with E-state index in [0.717, 1.165) is 5.69 Å². The summed E-state index contributed by atoms with van der Waals surface area (Å²) in [5, 5.41) is 21.3. The van der Waals surface area contributed by atoms with Crippen molar-refractivity contribution >= 4 is 11.8 Å². The van der Waals surface area contributed by atoms with Gasteiger partial charge in [0.15, 0.2) is 0 Å². The molecule has 0 fully saturated rings. The summed E-state index contributed by atoms with van der Waals surface area (Å²) in [6.45, 7) is 7.88. The van der Waals surface area contributed by atoms with Gasteiger partial charge in [0.25, 0.3) is 0 Å². The number of nitrogens with one attached hydrogen (secondary N) is 1. The average Bonchev–Trinajstić information content (AvgIpc) is 2.27. The number of aromatic nitrogens is 1. The van der Waals surface area contributed by atoms with Gasteiger partial charge in [0.05, 0.1) is 5.56 Å². The monoisotopic (exact) mass is 266 g/mol. The second-order valence-electron chi connectivity index (χ2n) is 5.61. The molecule has 0 unspecified atom stereocenters. The van der Waals surface area contributed by atoms with E-state index in [1.807, 2.05) is 27.7 Å². The molecule has 0 amide bonds. The molecule has 1 aromatic heterocycles. The molecule has 3 N–H and O–H groups in total. The van der Waals surface area contributed by atoms with Gasteiger partial charge in [-0.2, -0.15) is 0 Å². The summed E-state index contributed by atoms with van der Waals surface area (Å²) in [4.78, 5) is 15.6. The molecule has 0 bridgehead atoms. The fourth-order valence-corrected chi connectivity index (χ4v) is 1.72. The zero-order valence-electron chi connectivity index (χ0n) is 11.9. The molecule has 0 aliphatic carbocycles. The first kappa shape index (κ1) is 15.4. The Hall–Kier alpha value is -1.62. The molecule has 1 aromatic rings. The minimum absolute atomic E-state index is 0.0651. The molecule has 19 heavy (non-hydrogen) atoms. The summed E-state index contributed by atoms with van der Waals surface area (Å²) >= 11 is 0. The SMILES string of the molecule is CC(C)c1cc(C(=O)O)cc(NC(C)(C)CCO)n1. The topological polar surface area (TPSA) is 82.5 Å². The number of hydrogen-bond acceptors (Lipinski definition) is 4. The summed E-state index contributed by atoms with van der Waals surface area (Å²) in [6.07, 6.45) is 0.559. The van der Waals surface area contributed by atoms with Gasteiger partial charge in [0, 0.05) is 17.8 Å². The number of hydrogen-bond donors (Lipinski definition) is 3. The summed E-state index contributed by atoms with van der Waals surface area (Å²) in [5.74, 6) is -0.282. The molecule has 0 spiro atoms. The zero-order valence-corrected chi connectivity index (χ0v) is 11.9. The van der Waals surface area contributed by atoms with E-state index in [1.54, 1.807) is 6.07 Å². The van der Waals surface area contributed by atoms with Crippen molar-refractivity contribution in [2.45, 2.75) is 45.6 Å². The third-order valence-corrected chi connectivity index (χ3v) is 2.89. The third-order valence-electron chi connectivity index (χ3n) is 2.89. The Balaban J connectivity index is 3.09. The molecular weight excluding hydrogens is 244 g/mol. The van der Waals surface area contributed by atoms with Crippen molar-refractivity contribution in [2.75, 3.05) is 11.9 Å². The maximum absolute atomic E-state index is 11.1. The molecule has 0 aliphatic heterocycles. The third kappa shape index (κ3) is 4.52. The molecule has 0 radical (unpaired) electrons. The largest absolute Gasteiger partial charge is 0.478 e. The Morgan fingerprint density at radius 3 is 2.53 bits per heavy atom. The summed E-state index contributed by atoms with van der Waals surface area (Å²) in [6, 6.07) is 3.12. The van der Waals surface area contributed by atoms with Crippen molar-refractivity contribution in [3.05, 3.63) is 23.4 Å². The van der Waals surface area contributed by atoms with Crippen LogP contribution in [0.3, 0.4) is 0 Å². The van der Waals surface area contributed by atoms with Gasteiger partial charge in [0.2, 0.25) is 0 Å². The van der Waals surface area contributed by atoms with Gasteiger partial charge in [-0.05, 0) is 38.3 Å². The van der Waals surface area contributed by atoms with E-state index in [0.29, 0.717) is 12.2 Å². The van der Waals surface area contributed by atoms with Crippen LogP contribution in [0.5, 0.6) is 0 Å². The average molecular weight is 266 g/mol. The van der Waals surface area contributed by atoms with E-state index in [1.165, 1.54) is 6.07 Å². The second kappa shape index (κ2) is 6.02. The predicted octanol–water partition coefficient (Wildman–Crippen LogP) is 2.48. The highest BCUT2D eigenvalue weighted by atomic mass is 16.4. The Morgan fingerprint density at radius 2 is 2.05 bits per heavy atom. The van der Waals surface area contributed by atoms with Gasteiger partial charge in [-0.1, -0.05) is 13.8 Å². The molecule has 0 saturated carbocycles. The van der Waals surface area contributed by atoms with Crippen molar-refractivity contribution in [1.82, 2.24) is 4.98 Å². The van der Waals surface area contributed by atoms with Gasteiger partial charge >= 0.3 is 5.97 Å². The molecule has 1 heterocycles. The smallest absolute Gasteiger partial charge is 0.335 e. The molecule has 5 nitrogen and oxygen atoms in total. The van der Waals surface area contributed by atoms with Crippen LogP contribution in [0.15, 0.2) is 12.1 Å². The van der Waals surface area contributed by atoms with Crippen LogP contribution in [0.2, 0.25) is 0 Å². The fourth-order valence-electron chi connectivity index (χ4n) is 1.72. The van der Waals surface area contributed by atoms with Gasteiger partial charge < -0.3 is 15.5 Å². The molecular formula is C14H22N2O3. The van der Waals surface area contributed by atoms with Crippen LogP contribution < -0.4 is 5.32 Å². The van der Waals surface area contributed by atoms with E-state index in [2.05, 4.69) is 10.3 Å². The Kier molecular flexibility index (Phi) is 4.89. The molecule has 1 rings (SSSR count). The zero-order chi connectivity index (χ0) is 14.6. The first-order valence-corrected chi connectivity index (χ1v) is 6.39. The lowest BCUT2D eigenvalue weighted by atomic mass is 10.0. The van der Waals surface area contributed by atoms with E-state index in [4.69, 9.17) is 10.2 Å². The Bertz CT molecular complexity index is 456. The van der Waals surface area contributed by atoms with Crippen LogP contribution in [0.4, 0.5) is 5.82 Å². The molecule has 0 saturated heterocycles. The summed E-state index contributed by atoms with van der Waals surface area (Å²) in [7, 11) is 0. The number of anilines is 1. The van der Waals surface area contributed by atoms with Crippen LogP contribution in [0, 0.1) is 0 Å². The molecule has 0 aliphatic rings. The van der Waals surface area contributed by atoms with Gasteiger partial charge in [-0.3, -0.25) is 0 Å². The highest BCUT2D eigenvalue weighted by Crippen LogP contribution is 2.21. The molecule has 5 heteroatoms. The predicted molar refractivity (Wildman–Crippen MR) is 74.7 cm³/mol. The fraction of sp³-hybridized carbons (Fsp3) is 0.571. The maximum Gasteiger partial charge on any atom is 0.335 e. The molecule has 0 aromatic carbocycles. The lowest BCUT2D eigenvalue weighted by Crippen LogP contribution is -2.32. The Labute approximate surface area is 113 Å². The molecule has 106 valence electrons. The van der Waals surface area contributed by atoms with Gasteiger partial charge in [-0.15, -0.1) is 0 Å². The number of carboxylic acids is 1. The number of carbonyl (C=O) groups is 1. The number of pyridine rings is 1. The van der Waals surface area contributed by atoms with Crippen LogP contribution in [-0.4, -0.2) is 33.3 Å². The van der Waals surface area contributed by atoms with Crippen LogP contribution in [0.25, 0.3) is 0 Å². The quantitative estimate of drug-likeness (QED) is 0.736. The highest BCUT2D eigenvalue weighted by molar-refractivity contribution is 5.88. The standard InChI is InChI=1S/C14H22N2O3/c1-9(2)11-7-10(13(18)19)8-12(15-11)16-14(3,4)5-6-17/h7-9,17H,5-6H2,1-4H3,(H,15,16)(H,18,19). The van der Waals surface area contributed by atoms with Gasteiger partial charge in [0.1, 0.15) is 5.82 Å². The lowest BCUT2D eigenvalue weighted by molar-refractivity contribution is 0.0696. The van der Waals surface area contributed by atoms with Crippen molar-refractivity contribution in [2.24, 2.45) is 0 Å². The van der Waals surface area contributed by atoms with E-state index < -0.39 is 5.97 Å². The van der Waals surface area contributed by atoms with Crippen molar-refractivity contribution in [3.63, 3.8) is 0 Å². The molecule has 0 atom stereocenters. The van der Waals surface area contributed by atoms with E-state index in [9.17, 15) is 4.79 Å². The first-order valence-electron chi connectivity index (χ1n) is 6.39. The number of rotatable bonds is 6. The van der Waals surface area contributed by atoms with Crippen molar-refractivity contribution in [3.8, 4) is 0 Å². The number of carboxylic acid groups (broad SMARTS) is 1. The van der Waals surface area contributed by atoms with E-state index in [-0.39, 0.29) is 23.6 Å². The normalized spacial score (nSPS) is 11.7. The lowest BCUT2D eigenvalue weighted by Gasteiger charge is -2.26. The van der Waals surface area contributed by atoms with E-state index >= 15 is 0 Å². The van der Waals surface area contributed by atoms with Crippen LogP contribution in [-0.2, 0) is 0 Å². The Morgan fingerprint density at radius 1 is 1.42 bits per heavy atom.